The van der Waals surface area contributed by atoms with Gasteiger partial charge in [-0.25, -0.2) is 0 Å². The highest BCUT2D eigenvalue weighted by molar-refractivity contribution is 5.77. The first-order valence-electron chi connectivity index (χ1n) is 6.15. The van der Waals surface area contributed by atoms with Crippen molar-refractivity contribution >= 4 is 5.91 Å². The largest absolute Gasteiger partial charge is 0.350 e. The van der Waals surface area contributed by atoms with Gasteiger partial charge in [-0.05, 0) is 31.4 Å². The van der Waals surface area contributed by atoms with E-state index in [2.05, 4.69) is 18.3 Å². The fourth-order valence-corrected chi connectivity index (χ4v) is 1.83. The van der Waals surface area contributed by atoms with Crippen molar-refractivity contribution in [1.82, 2.24) is 5.32 Å². The quantitative estimate of drug-likeness (QED) is 0.821. The molecule has 0 aromatic heterocycles. The van der Waals surface area contributed by atoms with Crippen molar-refractivity contribution in [2.75, 3.05) is 0 Å². The van der Waals surface area contributed by atoms with Crippen molar-refractivity contribution in [3.05, 3.63) is 35.4 Å². The molecule has 0 aliphatic rings. The maximum Gasteiger partial charge on any atom is 0.222 e. The van der Waals surface area contributed by atoms with Gasteiger partial charge in [0.1, 0.15) is 0 Å². The Morgan fingerprint density at radius 3 is 2.65 bits per heavy atom. The van der Waals surface area contributed by atoms with Crippen LogP contribution in [0, 0.1) is 6.92 Å². The molecule has 0 aliphatic carbocycles. The van der Waals surface area contributed by atoms with E-state index in [4.69, 9.17) is 5.73 Å². The predicted octanol–water partition coefficient (Wildman–Crippen LogP) is 2.30. The van der Waals surface area contributed by atoms with Crippen LogP contribution in [0.4, 0.5) is 0 Å². The molecule has 2 unspecified atom stereocenters. The Kier molecular flexibility index (Phi) is 5.16. The Bertz CT molecular complexity index is 376. The maximum absolute atomic E-state index is 11.7. The molecular formula is C14H22N2O. The molecule has 0 radical (unpaired) electrons. The number of carbonyl (C=O) groups excluding carboxylic acids is 1. The third-order valence-electron chi connectivity index (χ3n) is 3.00. The summed E-state index contributed by atoms with van der Waals surface area (Å²) < 4.78 is 0. The highest BCUT2D eigenvalue weighted by Gasteiger charge is 2.13. The molecule has 2 atom stereocenters. The number of nitrogens with one attached hydrogen (secondary N) is 1. The molecule has 0 fully saturated rings. The van der Waals surface area contributed by atoms with Crippen molar-refractivity contribution in [2.45, 2.75) is 45.7 Å². The molecule has 0 aliphatic heterocycles. The Morgan fingerprint density at radius 2 is 2.06 bits per heavy atom. The van der Waals surface area contributed by atoms with Crippen LogP contribution in [0.1, 0.15) is 43.9 Å². The van der Waals surface area contributed by atoms with E-state index in [1.807, 2.05) is 32.0 Å². The van der Waals surface area contributed by atoms with Crippen LogP contribution in [-0.2, 0) is 4.79 Å². The van der Waals surface area contributed by atoms with Crippen molar-refractivity contribution in [3.63, 3.8) is 0 Å². The second kappa shape index (κ2) is 6.40. The first-order valence-corrected chi connectivity index (χ1v) is 6.15. The molecule has 3 heteroatoms. The minimum Gasteiger partial charge on any atom is -0.350 e. The van der Waals surface area contributed by atoms with Crippen molar-refractivity contribution in [1.29, 1.82) is 0 Å². The molecule has 17 heavy (non-hydrogen) atoms. The zero-order chi connectivity index (χ0) is 12.8. The van der Waals surface area contributed by atoms with Gasteiger partial charge < -0.3 is 11.1 Å². The van der Waals surface area contributed by atoms with Crippen LogP contribution in [0.5, 0.6) is 0 Å². The molecule has 3 N–H and O–H groups in total. The molecule has 0 saturated carbocycles. The third kappa shape index (κ3) is 4.19. The van der Waals surface area contributed by atoms with Gasteiger partial charge in [0.2, 0.25) is 5.91 Å². The van der Waals surface area contributed by atoms with Gasteiger partial charge in [0, 0.05) is 12.5 Å². The van der Waals surface area contributed by atoms with E-state index in [0.717, 1.165) is 12.0 Å². The zero-order valence-electron chi connectivity index (χ0n) is 10.9. The number of hydrogen-bond acceptors (Lipinski definition) is 2. The van der Waals surface area contributed by atoms with E-state index in [0.29, 0.717) is 6.42 Å². The second-order valence-corrected chi connectivity index (χ2v) is 4.52. The van der Waals surface area contributed by atoms with Gasteiger partial charge in [-0.3, -0.25) is 4.79 Å². The maximum atomic E-state index is 11.7. The van der Waals surface area contributed by atoms with Gasteiger partial charge in [0.15, 0.2) is 0 Å². The number of hydrogen-bond donors (Lipinski definition) is 2. The van der Waals surface area contributed by atoms with Gasteiger partial charge in [0.25, 0.3) is 0 Å². The fourth-order valence-electron chi connectivity index (χ4n) is 1.83. The van der Waals surface area contributed by atoms with Crippen LogP contribution in [-0.4, -0.2) is 11.9 Å². The van der Waals surface area contributed by atoms with Gasteiger partial charge in [-0.1, -0.05) is 31.2 Å². The topological polar surface area (TPSA) is 55.1 Å². The highest BCUT2D eigenvalue weighted by Crippen LogP contribution is 2.16. The number of benzene rings is 1. The first kappa shape index (κ1) is 13.7. The summed E-state index contributed by atoms with van der Waals surface area (Å²) in [6, 6.07) is 8.07. The number of amides is 1. The van der Waals surface area contributed by atoms with Crippen LogP contribution >= 0.6 is 0 Å². The smallest absolute Gasteiger partial charge is 0.222 e. The average molecular weight is 234 g/mol. The van der Waals surface area contributed by atoms with E-state index in [1.165, 1.54) is 5.56 Å². The fraction of sp³-hybridized carbons (Fsp3) is 0.500. The van der Waals surface area contributed by atoms with Crippen LogP contribution in [0.3, 0.4) is 0 Å². The number of aryl methyl sites for hydroxylation is 1. The summed E-state index contributed by atoms with van der Waals surface area (Å²) in [7, 11) is 0. The molecule has 1 aromatic rings. The van der Waals surface area contributed by atoms with E-state index in [9.17, 15) is 4.79 Å². The van der Waals surface area contributed by atoms with Gasteiger partial charge in [0.05, 0.1) is 6.04 Å². The Balaban J connectivity index is 2.58. The lowest BCUT2D eigenvalue weighted by Crippen LogP contribution is -2.33. The standard InChI is InChI=1S/C14H22N2O/c1-4-12(15)9-14(17)16-11(3)13-8-6-5-7-10(13)2/h5-8,11-12H,4,9,15H2,1-3H3,(H,16,17). The minimum absolute atomic E-state index is 0.0232. The predicted molar refractivity (Wildman–Crippen MR) is 70.6 cm³/mol. The summed E-state index contributed by atoms with van der Waals surface area (Å²) >= 11 is 0. The average Bonchev–Trinajstić information content (AvgIpc) is 2.29. The molecule has 1 rings (SSSR count). The monoisotopic (exact) mass is 234 g/mol. The van der Waals surface area contributed by atoms with Crippen molar-refractivity contribution in [2.24, 2.45) is 5.73 Å². The highest BCUT2D eigenvalue weighted by atomic mass is 16.1. The van der Waals surface area contributed by atoms with Gasteiger partial charge >= 0.3 is 0 Å². The van der Waals surface area contributed by atoms with E-state index in [-0.39, 0.29) is 18.0 Å². The molecule has 0 spiro atoms. The SMILES string of the molecule is CCC(N)CC(=O)NC(C)c1ccccc1C. The molecule has 3 nitrogen and oxygen atoms in total. The summed E-state index contributed by atoms with van der Waals surface area (Å²) in [5, 5.41) is 2.98. The number of rotatable bonds is 5. The Morgan fingerprint density at radius 1 is 1.41 bits per heavy atom. The molecule has 94 valence electrons. The lowest BCUT2D eigenvalue weighted by atomic mass is 10.0. The van der Waals surface area contributed by atoms with E-state index in [1.54, 1.807) is 0 Å². The van der Waals surface area contributed by atoms with Crippen LogP contribution < -0.4 is 11.1 Å². The van der Waals surface area contributed by atoms with Gasteiger partial charge in [-0.2, -0.15) is 0 Å². The van der Waals surface area contributed by atoms with E-state index >= 15 is 0 Å². The van der Waals surface area contributed by atoms with Crippen molar-refractivity contribution < 1.29 is 4.79 Å². The molecule has 0 saturated heterocycles. The summed E-state index contributed by atoms with van der Waals surface area (Å²) in [5.41, 5.74) is 8.11. The zero-order valence-corrected chi connectivity index (χ0v) is 10.9. The number of nitrogens with two attached hydrogens (primary N) is 1. The van der Waals surface area contributed by atoms with Crippen LogP contribution in [0.15, 0.2) is 24.3 Å². The first-order chi connectivity index (χ1) is 8.04. The van der Waals surface area contributed by atoms with Gasteiger partial charge in [-0.15, -0.1) is 0 Å². The minimum atomic E-state index is -0.0425. The molecular weight excluding hydrogens is 212 g/mol. The molecule has 0 heterocycles. The second-order valence-electron chi connectivity index (χ2n) is 4.52. The number of carbonyl (C=O) groups is 1. The summed E-state index contributed by atoms with van der Waals surface area (Å²) in [6.45, 7) is 6.04. The molecule has 1 aromatic carbocycles. The van der Waals surface area contributed by atoms with Crippen LogP contribution in [0.25, 0.3) is 0 Å². The lowest BCUT2D eigenvalue weighted by molar-refractivity contribution is -0.122. The molecule has 0 bridgehead atoms. The Labute approximate surface area is 103 Å². The van der Waals surface area contributed by atoms with Crippen LogP contribution in [0.2, 0.25) is 0 Å². The summed E-state index contributed by atoms with van der Waals surface area (Å²) in [6.07, 6.45) is 1.22. The third-order valence-corrected chi connectivity index (χ3v) is 3.00. The summed E-state index contributed by atoms with van der Waals surface area (Å²) in [5.74, 6) is 0.0232. The molecule has 1 amide bonds. The normalized spacial score (nSPS) is 14.1. The summed E-state index contributed by atoms with van der Waals surface area (Å²) in [4.78, 5) is 11.7. The van der Waals surface area contributed by atoms with E-state index < -0.39 is 0 Å². The Hall–Kier alpha value is -1.35. The lowest BCUT2D eigenvalue weighted by Gasteiger charge is -2.17. The van der Waals surface area contributed by atoms with Crippen molar-refractivity contribution in [3.8, 4) is 0 Å².